The highest BCUT2D eigenvalue weighted by Crippen LogP contribution is 2.28. The molecule has 3 aromatic rings. The molecule has 1 N–H and O–H groups in total. The molecule has 0 saturated heterocycles. The third-order valence-electron chi connectivity index (χ3n) is 3.64. The van der Waals surface area contributed by atoms with E-state index in [-0.39, 0.29) is 14.3 Å². The van der Waals surface area contributed by atoms with Crippen molar-refractivity contribution in [1.29, 1.82) is 0 Å². The molecule has 6 nitrogen and oxygen atoms in total. The van der Waals surface area contributed by atoms with Crippen LogP contribution in [-0.4, -0.2) is 22.7 Å². The summed E-state index contributed by atoms with van der Waals surface area (Å²) in [6, 6.07) is 9.83. The van der Waals surface area contributed by atoms with Gasteiger partial charge in [0.25, 0.3) is 15.9 Å². The maximum atomic E-state index is 13.9. The van der Waals surface area contributed by atoms with Crippen LogP contribution in [0.4, 0.5) is 8.78 Å². The lowest BCUT2D eigenvalue weighted by Crippen LogP contribution is -2.31. The number of carbonyl (C=O) groups is 1. The Morgan fingerprint density at radius 3 is 2.10 bits per heavy atom. The molecule has 0 aliphatic rings. The Labute approximate surface area is 177 Å². The molecule has 3 rings (SSSR count). The largest absolute Gasteiger partial charge is 0.273 e. The minimum atomic E-state index is -4.56. The Hall–Kier alpha value is -2.15. The fraction of sp³-hybridized carbons (Fsp3) is 0. The number of halogens is 3. The van der Waals surface area contributed by atoms with Crippen molar-refractivity contribution in [3.8, 4) is 0 Å². The molecule has 1 heterocycles. The van der Waals surface area contributed by atoms with Crippen LogP contribution in [0.15, 0.2) is 72.4 Å². The summed E-state index contributed by atoms with van der Waals surface area (Å²) >= 11 is 3.40. The van der Waals surface area contributed by atoms with E-state index in [0.717, 1.165) is 23.6 Å². The van der Waals surface area contributed by atoms with E-state index in [9.17, 15) is 30.4 Å². The van der Waals surface area contributed by atoms with Crippen molar-refractivity contribution in [2.75, 3.05) is 0 Å². The lowest BCUT2D eigenvalue weighted by atomic mass is 10.2. The van der Waals surface area contributed by atoms with E-state index in [1.807, 2.05) is 0 Å². The summed E-state index contributed by atoms with van der Waals surface area (Å²) in [4.78, 5) is 11.8. The van der Waals surface area contributed by atoms with Gasteiger partial charge in [0.05, 0.1) is 9.79 Å². The zero-order valence-corrected chi connectivity index (χ0v) is 18.1. The lowest BCUT2D eigenvalue weighted by Gasteiger charge is -2.07. The van der Waals surface area contributed by atoms with Crippen LogP contribution in [0.2, 0.25) is 0 Å². The predicted octanol–water partition coefficient (Wildman–Crippen LogP) is 3.74. The zero-order chi connectivity index (χ0) is 21.4. The van der Waals surface area contributed by atoms with Gasteiger partial charge >= 0.3 is 0 Å². The number of nitrogens with one attached hydrogen (secondary N) is 1. The normalized spacial score (nSPS) is 12.0. The Balaban J connectivity index is 1.91. The Morgan fingerprint density at radius 1 is 0.931 bits per heavy atom. The number of benzene rings is 2. The highest BCUT2D eigenvalue weighted by atomic mass is 79.9. The van der Waals surface area contributed by atoms with Crippen molar-refractivity contribution in [2.45, 2.75) is 14.0 Å². The first kappa shape index (κ1) is 21.6. The number of carbonyl (C=O) groups excluding carboxylic acids is 1. The van der Waals surface area contributed by atoms with E-state index < -0.39 is 47.2 Å². The summed E-state index contributed by atoms with van der Waals surface area (Å²) in [6.45, 7) is 0. The van der Waals surface area contributed by atoms with Crippen molar-refractivity contribution < 1.29 is 30.4 Å². The summed E-state index contributed by atoms with van der Waals surface area (Å²) in [7, 11) is -8.53. The van der Waals surface area contributed by atoms with Gasteiger partial charge in [0.1, 0.15) is 21.4 Å². The molecule has 1 amide bonds. The number of sulfone groups is 1. The number of sulfonamides is 1. The third-order valence-corrected chi connectivity index (χ3v) is 8.77. The molecule has 0 bridgehead atoms. The second-order valence-corrected chi connectivity index (χ2v) is 11.3. The van der Waals surface area contributed by atoms with Crippen molar-refractivity contribution in [3.05, 3.63) is 75.6 Å². The minimum Gasteiger partial charge on any atom is -0.268 e. The van der Waals surface area contributed by atoms with E-state index in [1.165, 1.54) is 24.3 Å². The zero-order valence-electron chi connectivity index (χ0n) is 14.1. The first-order valence-electron chi connectivity index (χ1n) is 7.63. The van der Waals surface area contributed by atoms with E-state index >= 15 is 0 Å². The van der Waals surface area contributed by atoms with Crippen LogP contribution in [0.25, 0.3) is 0 Å². The molecule has 152 valence electrons. The Morgan fingerprint density at radius 2 is 1.52 bits per heavy atom. The highest BCUT2D eigenvalue weighted by Gasteiger charge is 2.28. The van der Waals surface area contributed by atoms with Crippen molar-refractivity contribution >= 4 is 53.0 Å². The molecule has 29 heavy (non-hydrogen) atoms. The van der Waals surface area contributed by atoms with Crippen molar-refractivity contribution in [1.82, 2.24) is 4.72 Å². The van der Waals surface area contributed by atoms with Gasteiger partial charge in [-0.2, -0.15) is 0 Å². The number of hydrogen-bond donors (Lipinski definition) is 1. The van der Waals surface area contributed by atoms with E-state index in [4.69, 9.17) is 0 Å². The van der Waals surface area contributed by atoms with Gasteiger partial charge in [0, 0.05) is 9.85 Å². The van der Waals surface area contributed by atoms with Gasteiger partial charge in [-0.1, -0.05) is 34.1 Å². The molecular weight excluding hydrogens is 512 g/mol. The first-order valence-corrected chi connectivity index (χ1v) is 12.3. The maximum absolute atomic E-state index is 13.9. The summed E-state index contributed by atoms with van der Waals surface area (Å²) < 4.78 is 78.8. The van der Waals surface area contributed by atoms with E-state index in [2.05, 4.69) is 15.9 Å². The highest BCUT2D eigenvalue weighted by molar-refractivity contribution is 9.10. The van der Waals surface area contributed by atoms with Crippen LogP contribution in [0.3, 0.4) is 0 Å². The Bertz CT molecular complexity index is 1280. The molecule has 0 radical (unpaired) electrons. The third kappa shape index (κ3) is 4.39. The number of amides is 1. The van der Waals surface area contributed by atoms with E-state index in [0.29, 0.717) is 11.3 Å². The summed E-state index contributed by atoms with van der Waals surface area (Å²) in [5, 5.41) is 1.10. The van der Waals surface area contributed by atoms with E-state index in [1.54, 1.807) is 10.8 Å². The minimum absolute atomic E-state index is 0.0286. The van der Waals surface area contributed by atoms with Gasteiger partial charge in [-0.3, -0.25) is 4.79 Å². The van der Waals surface area contributed by atoms with Gasteiger partial charge in [0.2, 0.25) is 9.84 Å². The smallest absolute Gasteiger partial charge is 0.268 e. The number of rotatable bonds is 5. The van der Waals surface area contributed by atoms with Gasteiger partial charge in [0.15, 0.2) is 0 Å². The molecule has 0 fully saturated rings. The monoisotopic (exact) mass is 521 g/mol. The first-order chi connectivity index (χ1) is 13.5. The predicted molar refractivity (Wildman–Crippen MR) is 105 cm³/mol. The topological polar surface area (TPSA) is 97.4 Å². The van der Waals surface area contributed by atoms with Gasteiger partial charge in [-0.25, -0.2) is 30.3 Å². The SMILES string of the molecule is O=C(NS(=O)(=O)c1cc(S(=O)(=O)c2ccccc2)cs1)c1c(F)cc(Br)cc1F. The van der Waals surface area contributed by atoms with Crippen LogP contribution in [-0.2, 0) is 19.9 Å². The molecule has 0 atom stereocenters. The van der Waals surface area contributed by atoms with Gasteiger partial charge in [-0.15, -0.1) is 11.3 Å². The molecule has 1 aromatic heterocycles. The Kier molecular flexibility index (Phi) is 5.90. The maximum Gasteiger partial charge on any atom is 0.273 e. The van der Waals surface area contributed by atoms with Crippen LogP contribution < -0.4 is 4.72 Å². The summed E-state index contributed by atoms with van der Waals surface area (Å²) in [6.07, 6.45) is 0. The number of thiophene rings is 1. The van der Waals surface area contributed by atoms with Gasteiger partial charge in [-0.05, 0) is 30.3 Å². The second kappa shape index (κ2) is 7.94. The quantitative estimate of drug-likeness (QED) is 0.551. The molecule has 12 heteroatoms. The van der Waals surface area contributed by atoms with Crippen LogP contribution in [0.5, 0.6) is 0 Å². The molecule has 0 saturated carbocycles. The number of hydrogen-bond acceptors (Lipinski definition) is 6. The molecular formula is C17H10BrF2NO5S3. The second-order valence-electron chi connectivity index (χ2n) is 5.60. The van der Waals surface area contributed by atoms with Crippen molar-refractivity contribution in [2.24, 2.45) is 0 Å². The average Bonchev–Trinajstić information content (AvgIpc) is 3.13. The standard InChI is InChI=1S/C17H10BrF2NO5S3/c18-10-6-13(19)16(14(20)7-10)17(22)21-29(25,26)15-8-12(9-27-15)28(23,24)11-4-2-1-3-5-11/h1-9H,(H,21,22). The average molecular weight is 522 g/mol. The summed E-state index contributed by atoms with van der Waals surface area (Å²) in [5.41, 5.74) is -1.08. The fourth-order valence-corrected chi connectivity index (χ4v) is 6.56. The van der Waals surface area contributed by atoms with Crippen LogP contribution >= 0.6 is 27.3 Å². The van der Waals surface area contributed by atoms with Crippen LogP contribution in [0.1, 0.15) is 10.4 Å². The molecule has 0 aliphatic heterocycles. The molecule has 0 aliphatic carbocycles. The summed E-state index contributed by atoms with van der Waals surface area (Å²) in [5.74, 6) is -4.04. The van der Waals surface area contributed by atoms with Crippen LogP contribution in [0, 0.1) is 11.6 Å². The van der Waals surface area contributed by atoms with Gasteiger partial charge < -0.3 is 0 Å². The molecule has 2 aromatic carbocycles. The fourth-order valence-electron chi connectivity index (χ4n) is 2.30. The molecule has 0 spiro atoms. The van der Waals surface area contributed by atoms with Crippen molar-refractivity contribution in [3.63, 3.8) is 0 Å². The molecule has 0 unspecified atom stereocenters. The lowest BCUT2D eigenvalue weighted by molar-refractivity contribution is 0.0973.